The van der Waals surface area contributed by atoms with Crippen LogP contribution in [0.1, 0.15) is 48.9 Å². The van der Waals surface area contributed by atoms with Gasteiger partial charge in [0.15, 0.2) is 0 Å². The van der Waals surface area contributed by atoms with Crippen molar-refractivity contribution in [1.29, 1.82) is 0 Å². The van der Waals surface area contributed by atoms with Gasteiger partial charge in [0, 0.05) is 17.9 Å². The van der Waals surface area contributed by atoms with Crippen molar-refractivity contribution >= 4 is 5.91 Å². The largest absolute Gasteiger partial charge is 0.353 e. The molecule has 0 radical (unpaired) electrons. The summed E-state index contributed by atoms with van der Waals surface area (Å²) < 4.78 is 0. The van der Waals surface area contributed by atoms with Gasteiger partial charge in [0.25, 0.3) is 0 Å². The normalized spacial score (nSPS) is 16.6. The lowest BCUT2D eigenvalue weighted by molar-refractivity contribution is -0.121. The van der Waals surface area contributed by atoms with E-state index in [1.165, 1.54) is 19.3 Å². The van der Waals surface area contributed by atoms with Crippen molar-refractivity contribution in [2.24, 2.45) is 0 Å². The summed E-state index contributed by atoms with van der Waals surface area (Å²) in [6.07, 6.45) is 8.35. The van der Waals surface area contributed by atoms with Crippen molar-refractivity contribution in [3.05, 3.63) is 29.1 Å². The molecule has 0 aromatic carbocycles. The van der Waals surface area contributed by atoms with E-state index in [-0.39, 0.29) is 5.91 Å². The SMILES string of the molecule is Cc1nccc(CC(=O)NC2CCCCC2)c1C. The van der Waals surface area contributed by atoms with Gasteiger partial charge in [-0.15, -0.1) is 0 Å². The fourth-order valence-electron chi connectivity index (χ4n) is 2.58. The van der Waals surface area contributed by atoms with E-state index in [0.717, 1.165) is 29.7 Å². The zero-order chi connectivity index (χ0) is 13.0. The van der Waals surface area contributed by atoms with E-state index in [9.17, 15) is 4.79 Å². The van der Waals surface area contributed by atoms with Gasteiger partial charge in [-0.2, -0.15) is 0 Å². The third-order valence-electron chi connectivity index (χ3n) is 3.89. The summed E-state index contributed by atoms with van der Waals surface area (Å²) in [4.78, 5) is 16.2. The fourth-order valence-corrected chi connectivity index (χ4v) is 2.58. The van der Waals surface area contributed by atoms with Gasteiger partial charge in [-0.3, -0.25) is 9.78 Å². The Morgan fingerprint density at radius 1 is 1.33 bits per heavy atom. The van der Waals surface area contributed by atoms with Crippen molar-refractivity contribution in [2.75, 3.05) is 0 Å². The van der Waals surface area contributed by atoms with Crippen LogP contribution in [-0.4, -0.2) is 16.9 Å². The molecule has 0 atom stereocenters. The van der Waals surface area contributed by atoms with Crippen molar-refractivity contribution in [2.45, 2.75) is 58.4 Å². The quantitative estimate of drug-likeness (QED) is 0.891. The number of aryl methyl sites for hydroxylation is 1. The van der Waals surface area contributed by atoms with Crippen LogP contribution in [0, 0.1) is 13.8 Å². The number of carbonyl (C=O) groups is 1. The van der Waals surface area contributed by atoms with Crippen LogP contribution in [0.2, 0.25) is 0 Å². The first-order valence-electron chi connectivity index (χ1n) is 6.87. The van der Waals surface area contributed by atoms with Crippen LogP contribution in [0.15, 0.2) is 12.3 Å². The van der Waals surface area contributed by atoms with Gasteiger partial charge < -0.3 is 5.32 Å². The van der Waals surface area contributed by atoms with Crippen molar-refractivity contribution in [3.63, 3.8) is 0 Å². The minimum Gasteiger partial charge on any atom is -0.353 e. The second-order valence-corrected chi connectivity index (χ2v) is 5.26. The maximum atomic E-state index is 12.0. The molecule has 18 heavy (non-hydrogen) atoms. The highest BCUT2D eigenvalue weighted by Gasteiger charge is 2.16. The van der Waals surface area contributed by atoms with Crippen LogP contribution in [0.4, 0.5) is 0 Å². The number of rotatable bonds is 3. The lowest BCUT2D eigenvalue weighted by Crippen LogP contribution is -2.37. The van der Waals surface area contributed by atoms with Gasteiger partial charge in [-0.1, -0.05) is 19.3 Å². The van der Waals surface area contributed by atoms with E-state index in [2.05, 4.69) is 10.3 Å². The molecule has 1 fully saturated rings. The Balaban J connectivity index is 1.92. The molecule has 2 rings (SSSR count). The van der Waals surface area contributed by atoms with Crippen molar-refractivity contribution in [3.8, 4) is 0 Å². The molecule has 0 aliphatic heterocycles. The maximum Gasteiger partial charge on any atom is 0.224 e. The first-order valence-corrected chi connectivity index (χ1v) is 6.87. The van der Waals surface area contributed by atoms with Crippen LogP contribution in [-0.2, 0) is 11.2 Å². The molecular formula is C15H22N2O. The molecule has 1 aromatic heterocycles. The molecule has 1 saturated carbocycles. The van der Waals surface area contributed by atoms with Gasteiger partial charge in [-0.25, -0.2) is 0 Å². The molecule has 3 nitrogen and oxygen atoms in total. The highest BCUT2D eigenvalue weighted by Crippen LogP contribution is 2.18. The maximum absolute atomic E-state index is 12.0. The average Bonchev–Trinajstić information content (AvgIpc) is 2.36. The van der Waals surface area contributed by atoms with E-state index in [1.54, 1.807) is 6.20 Å². The smallest absolute Gasteiger partial charge is 0.224 e. The number of pyridine rings is 1. The summed E-state index contributed by atoms with van der Waals surface area (Å²) in [6, 6.07) is 2.34. The fraction of sp³-hybridized carbons (Fsp3) is 0.600. The number of hydrogen-bond donors (Lipinski definition) is 1. The van der Waals surface area contributed by atoms with Crippen molar-refractivity contribution < 1.29 is 4.79 Å². The predicted molar refractivity (Wildman–Crippen MR) is 72.4 cm³/mol. The second kappa shape index (κ2) is 5.98. The molecule has 1 aromatic rings. The van der Waals surface area contributed by atoms with Crippen LogP contribution < -0.4 is 5.32 Å². The molecule has 0 bridgehead atoms. The zero-order valence-electron chi connectivity index (χ0n) is 11.3. The first kappa shape index (κ1) is 13.1. The van der Waals surface area contributed by atoms with E-state index in [1.807, 2.05) is 19.9 Å². The number of hydrogen-bond acceptors (Lipinski definition) is 2. The Hall–Kier alpha value is -1.38. The Morgan fingerprint density at radius 3 is 2.78 bits per heavy atom. The lowest BCUT2D eigenvalue weighted by atomic mass is 9.95. The Labute approximate surface area is 109 Å². The zero-order valence-corrected chi connectivity index (χ0v) is 11.3. The second-order valence-electron chi connectivity index (χ2n) is 5.26. The standard InChI is InChI=1S/C15H22N2O/c1-11-12(2)16-9-8-13(11)10-15(18)17-14-6-4-3-5-7-14/h8-9,14H,3-7,10H2,1-2H3,(H,17,18). The first-order chi connectivity index (χ1) is 8.66. The van der Waals surface area contributed by atoms with Crippen molar-refractivity contribution in [1.82, 2.24) is 10.3 Å². The van der Waals surface area contributed by atoms with E-state index in [4.69, 9.17) is 0 Å². The highest BCUT2D eigenvalue weighted by atomic mass is 16.1. The average molecular weight is 246 g/mol. The minimum absolute atomic E-state index is 0.149. The molecule has 1 amide bonds. The lowest BCUT2D eigenvalue weighted by Gasteiger charge is -2.23. The van der Waals surface area contributed by atoms with Crippen LogP contribution in [0.5, 0.6) is 0 Å². The van der Waals surface area contributed by atoms with Crippen LogP contribution >= 0.6 is 0 Å². The summed E-state index contributed by atoms with van der Waals surface area (Å²) in [5.74, 6) is 0.149. The monoisotopic (exact) mass is 246 g/mol. The van der Waals surface area contributed by atoms with E-state index < -0.39 is 0 Å². The summed E-state index contributed by atoms with van der Waals surface area (Å²) in [5.41, 5.74) is 3.24. The van der Waals surface area contributed by atoms with Crippen LogP contribution in [0.3, 0.4) is 0 Å². The third-order valence-corrected chi connectivity index (χ3v) is 3.89. The molecule has 0 unspecified atom stereocenters. The Kier molecular flexibility index (Phi) is 4.34. The van der Waals surface area contributed by atoms with Gasteiger partial charge in [0.2, 0.25) is 5.91 Å². The molecule has 0 saturated heterocycles. The third kappa shape index (κ3) is 3.31. The number of nitrogens with zero attached hydrogens (tertiary/aromatic N) is 1. The summed E-state index contributed by atoms with van der Waals surface area (Å²) >= 11 is 0. The van der Waals surface area contributed by atoms with Gasteiger partial charge in [-0.05, 0) is 43.9 Å². The predicted octanol–water partition coefficient (Wildman–Crippen LogP) is 2.69. The number of carbonyl (C=O) groups excluding carboxylic acids is 1. The number of aromatic nitrogens is 1. The summed E-state index contributed by atoms with van der Waals surface area (Å²) in [6.45, 7) is 4.02. The van der Waals surface area contributed by atoms with E-state index >= 15 is 0 Å². The molecule has 1 aliphatic carbocycles. The van der Waals surface area contributed by atoms with Crippen LogP contribution in [0.25, 0.3) is 0 Å². The number of nitrogens with one attached hydrogen (secondary N) is 1. The molecule has 1 heterocycles. The Bertz CT molecular complexity index is 423. The van der Waals surface area contributed by atoms with E-state index in [0.29, 0.717) is 12.5 Å². The highest BCUT2D eigenvalue weighted by molar-refractivity contribution is 5.79. The minimum atomic E-state index is 0.149. The van der Waals surface area contributed by atoms with Gasteiger partial charge in [0.1, 0.15) is 0 Å². The molecule has 1 aliphatic rings. The molecule has 3 heteroatoms. The molecule has 1 N–H and O–H groups in total. The summed E-state index contributed by atoms with van der Waals surface area (Å²) in [7, 11) is 0. The molecule has 98 valence electrons. The Morgan fingerprint density at radius 2 is 2.06 bits per heavy atom. The summed E-state index contributed by atoms with van der Waals surface area (Å²) in [5, 5.41) is 3.15. The molecular weight excluding hydrogens is 224 g/mol. The van der Waals surface area contributed by atoms with Gasteiger partial charge in [0.05, 0.1) is 6.42 Å². The molecule has 0 spiro atoms. The van der Waals surface area contributed by atoms with Gasteiger partial charge >= 0.3 is 0 Å². The number of amides is 1. The topological polar surface area (TPSA) is 42.0 Å².